The molecule has 21 heavy (non-hydrogen) atoms. The molecule has 0 fully saturated rings. The van der Waals surface area contributed by atoms with Crippen LogP contribution in [0.1, 0.15) is 68.6 Å². The van der Waals surface area contributed by atoms with Crippen molar-refractivity contribution < 1.29 is 9.53 Å². The van der Waals surface area contributed by atoms with E-state index >= 15 is 0 Å². The zero-order chi connectivity index (χ0) is 15.5. The van der Waals surface area contributed by atoms with Crippen molar-refractivity contribution in [1.82, 2.24) is 0 Å². The molecule has 0 heterocycles. The maximum absolute atomic E-state index is 12.0. The minimum atomic E-state index is -0.258. The van der Waals surface area contributed by atoms with E-state index in [0.29, 0.717) is 12.2 Å². The summed E-state index contributed by atoms with van der Waals surface area (Å²) in [7, 11) is 0. The van der Waals surface area contributed by atoms with E-state index < -0.39 is 0 Å². The van der Waals surface area contributed by atoms with E-state index in [0.717, 1.165) is 21.8 Å². The van der Waals surface area contributed by atoms with Crippen LogP contribution in [-0.4, -0.2) is 12.6 Å². The molecule has 118 valence electrons. The van der Waals surface area contributed by atoms with Crippen LogP contribution in [0.3, 0.4) is 0 Å². The van der Waals surface area contributed by atoms with E-state index in [4.69, 9.17) is 4.74 Å². The molecule has 1 rings (SSSR count). The molecule has 0 saturated heterocycles. The number of esters is 1. The fourth-order valence-corrected chi connectivity index (χ4v) is 2.90. The molecule has 0 radical (unpaired) electrons. The summed E-state index contributed by atoms with van der Waals surface area (Å²) in [5, 5.41) is 0. The Morgan fingerprint density at radius 2 is 1.62 bits per heavy atom. The van der Waals surface area contributed by atoms with E-state index in [1.54, 1.807) is 6.07 Å². The number of hydrogen-bond acceptors (Lipinski definition) is 2. The Kier molecular flexibility index (Phi) is 10.0. The highest BCUT2D eigenvalue weighted by Gasteiger charge is 2.11. The molecule has 0 saturated carbocycles. The lowest BCUT2D eigenvalue weighted by atomic mass is 10.1. The van der Waals surface area contributed by atoms with Crippen LogP contribution in [0.15, 0.2) is 27.1 Å². The van der Waals surface area contributed by atoms with E-state index in [9.17, 15) is 4.79 Å². The number of benzene rings is 1. The molecule has 1 aromatic rings. The Morgan fingerprint density at radius 3 is 2.29 bits per heavy atom. The number of carbonyl (C=O) groups excluding carboxylic acids is 1. The van der Waals surface area contributed by atoms with Gasteiger partial charge in [0, 0.05) is 8.95 Å². The smallest absolute Gasteiger partial charge is 0.339 e. The molecule has 4 heteroatoms. The van der Waals surface area contributed by atoms with E-state index in [2.05, 4.69) is 38.8 Å². The third-order valence-electron chi connectivity index (χ3n) is 3.38. The summed E-state index contributed by atoms with van der Waals surface area (Å²) >= 11 is 6.74. The quantitative estimate of drug-likeness (QED) is 0.319. The molecule has 0 aliphatic heterocycles. The molecule has 0 aliphatic rings. The van der Waals surface area contributed by atoms with Gasteiger partial charge in [-0.25, -0.2) is 4.79 Å². The third kappa shape index (κ3) is 8.01. The van der Waals surface area contributed by atoms with Crippen LogP contribution in [-0.2, 0) is 4.74 Å². The van der Waals surface area contributed by atoms with Crippen LogP contribution in [0, 0.1) is 0 Å². The highest BCUT2D eigenvalue weighted by Crippen LogP contribution is 2.22. The first kappa shape index (κ1) is 18.7. The van der Waals surface area contributed by atoms with Gasteiger partial charge in [0.05, 0.1) is 12.2 Å². The number of carbonyl (C=O) groups is 1. The van der Waals surface area contributed by atoms with Gasteiger partial charge in [-0.15, -0.1) is 0 Å². The second-order valence-electron chi connectivity index (χ2n) is 5.23. The molecule has 0 atom stereocenters. The lowest BCUT2D eigenvalue weighted by Crippen LogP contribution is -2.07. The Balaban J connectivity index is 2.12. The standard InChI is InChI=1S/C17H24Br2O2/c1-2-3-4-5-6-7-8-9-12-21-17(20)15-13-14(18)10-11-16(15)19/h10-11,13H,2-9,12H2,1H3. The van der Waals surface area contributed by atoms with Crippen molar-refractivity contribution in [2.75, 3.05) is 6.61 Å². The molecule has 0 bridgehead atoms. The fraction of sp³-hybridized carbons (Fsp3) is 0.588. The number of unbranched alkanes of at least 4 members (excludes halogenated alkanes) is 7. The fourth-order valence-electron chi connectivity index (χ4n) is 2.13. The third-order valence-corrected chi connectivity index (χ3v) is 4.56. The van der Waals surface area contributed by atoms with E-state index in [-0.39, 0.29) is 5.97 Å². The Hall–Kier alpha value is -0.350. The van der Waals surface area contributed by atoms with E-state index in [1.807, 2.05) is 12.1 Å². The molecule has 1 aromatic carbocycles. The molecular weight excluding hydrogens is 396 g/mol. The van der Waals surface area contributed by atoms with Crippen LogP contribution in [0.5, 0.6) is 0 Å². The molecule has 2 nitrogen and oxygen atoms in total. The zero-order valence-corrected chi connectivity index (χ0v) is 15.8. The van der Waals surface area contributed by atoms with Gasteiger partial charge in [-0.05, 0) is 40.5 Å². The molecule has 0 spiro atoms. The van der Waals surface area contributed by atoms with Crippen LogP contribution in [0.2, 0.25) is 0 Å². The molecule has 0 unspecified atom stereocenters. The predicted molar refractivity (Wildman–Crippen MR) is 94.7 cm³/mol. The normalized spacial score (nSPS) is 10.6. The second kappa shape index (κ2) is 11.2. The topological polar surface area (TPSA) is 26.3 Å². The lowest BCUT2D eigenvalue weighted by Gasteiger charge is -2.07. The molecule has 0 aliphatic carbocycles. The highest BCUT2D eigenvalue weighted by molar-refractivity contribution is 9.11. The minimum absolute atomic E-state index is 0.258. The lowest BCUT2D eigenvalue weighted by molar-refractivity contribution is 0.0496. The van der Waals surface area contributed by atoms with Crippen LogP contribution < -0.4 is 0 Å². The van der Waals surface area contributed by atoms with Gasteiger partial charge in [0.2, 0.25) is 0 Å². The summed E-state index contributed by atoms with van der Waals surface area (Å²) in [5.74, 6) is -0.258. The van der Waals surface area contributed by atoms with Crippen molar-refractivity contribution in [2.45, 2.75) is 58.3 Å². The highest BCUT2D eigenvalue weighted by atomic mass is 79.9. The summed E-state index contributed by atoms with van der Waals surface area (Å²) in [6.07, 6.45) is 9.94. The zero-order valence-electron chi connectivity index (χ0n) is 12.7. The van der Waals surface area contributed by atoms with Gasteiger partial charge in [0.1, 0.15) is 0 Å². The monoisotopic (exact) mass is 418 g/mol. The number of hydrogen-bond donors (Lipinski definition) is 0. The Morgan fingerprint density at radius 1 is 1.00 bits per heavy atom. The van der Waals surface area contributed by atoms with Gasteiger partial charge >= 0.3 is 5.97 Å². The first-order valence-corrected chi connectivity index (χ1v) is 9.36. The van der Waals surface area contributed by atoms with Crippen molar-refractivity contribution in [3.05, 3.63) is 32.7 Å². The predicted octanol–water partition coefficient (Wildman–Crippen LogP) is 6.51. The van der Waals surface area contributed by atoms with Crippen molar-refractivity contribution in [2.24, 2.45) is 0 Å². The van der Waals surface area contributed by atoms with Gasteiger partial charge in [-0.1, -0.05) is 67.8 Å². The van der Waals surface area contributed by atoms with Crippen LogP contribution in [0.25, 0.3) is 0 Å². The maximum atomic E-state index is 12.0. The van der Waals surface area contributed by atoms with Crippen molar-refractivity contribution in [3.63, 3.8) is 0 Å². The van der Waals surface area contributed by atoms with Crippen molar-refractivity contribution >= 4 is 37.8 Å². The van der Waals surface area contributed by atoms with Gasteiger partial charge in [0.15, 0.2) is 0 Å². The van der Waals surface area contributed by atoms with Gasteiger partial charge in [-0.3, -0.25) is 0 Å². The van der Waals surface area contributed by atoms with E-state index in [1.165, 1.54) is 38.5 Å². The molecule has 0 aromatic heterocycles. The Labute approximate surface area is 144 Å². The first-order chi connectivity index (χ1) is 10.1. The largest absolute Gasteiger partial charge is 0.462 e. The van der Waals surface area contributed by atoms with Crippen molar-refractivity contribution in [3.8, 4) is 0 Å². The summed E-state index contributed by atoms with van der Waals surface area (Å²) < 4.78 is 6.97. The molecule has 0 amide bonds. The number of halogens is 2. The molecule has 0 N–H and O–H groups in total. The number of rotatable bonds is 10. The summed E-state index contributed by atoms with van der Waals surface area (Å²) in [6.45, 7) is 2.74. The molecular formula is C17H24Br2O2. The minimum Gasteiger partial charge on any atom is -0.462 e. The van der Waals surface area contributed by atoms with Crippen LogP contribution in [0.4, 0.5) is 0 Å². The number of ether oxygens (including phenoxy) is 1. The average molecular weight is 420 g/mol. The first-order valence-electron chi connectivity index (χ1n) is 7.77. The van der Waals surface area contributed by atoms with Crippen LogP contribution >= 0.6 is 31.9 Å². The van der Waals surface area contributed by atoms with Gasteiger partial charge in [0.25, 0.3) is 0 Å². The summed E-state index contributed by atoms with van der Waals surface area (Å²) in [4.78, 5) is 12.0. The summed E-state index contributed by atoms with van der Waals surface area (Å²) in [5.41, 5.74) is 0.573. The van der Waals surface area contributed by atoms with Crippen molar-refractivity contribution in [1.29, 1.82) is 0 Å². The second-order valence-corrected chi connectivity index (χ2v) is 7.00. The average Bonchev–Trinajstić information content (AvgIpc) is 2.48. The van der Waals surface area contributed by atoms with Gasteiger partial charge in [-0.2, -0.15) is 0 Å². The summed E-state index contributed by atoms with van der Waals surface area (Å²) in [6, 6.07) is 5.51. The SMILES string of the molecule is CCCCCCCCCCOC(=O)c1cc(Br)ccc1Br. The maximum Gasteiger partial charge on any atom is 0.339 e. The Bertz CT molecular complexity index is 433. The van der Waals surface area contributed by atoms with Gasteiger partial charge < -0.3 is 4.74 Å².